The van der Waals surface area contributed by atoms with Crippen molar-refractivity contribution in [3.8, 4) is 0 Å². The zero-order valence-corrected chi connectivity index (χ0v) is 12.8. The summed E-state index contributed by atoms with van der Waals surface area (Å²) in [5, 5.41) is 14.1. The standard InChI is InChI=1S/C12H18N2O4S2/c1-14(20(17,18)11-4-2-7-19-11)8-10(15)13-9-12(16)5-3-6-12/h2,4,7,16H,3,5-6,8-9H2,1H3,(H,13,15). The summed E-state index contributed by atoms with van der Waals surface area (Å²) in [6.45, 7) is -0.0744. The Balaban J connectivity index is 1.87. The van der Waals surface area contributed by atoms with Gasteiger partial charge in [0.05, 0.1) is 12.1 Å². The number of hydrogen-bond acceptors (Lipinski definition) is 5. The average Bonchev–Trinajstić information content (AvgIpc) is 2.88. The molecule has 0 saturated heterocycles. The minimum Gasteiger partial charge on any atom is -0.388 e. The first-order valence-corrected chi connectivity index (χ1v) is 8.64. The molecule has 0 bridgehead atoms. The molecule has 112 valence electrons. The molecule has 2 N–H and O–H groups in total. The quantitative estimate of drug-likeness (QED) is 0.795. The number of hydrogen-bond donors (Lipinski definition) is 2. The third-order valence-electron chi connectivity index (χ3n) is 3.42. The van der Waals surface area contributed by atoms with Crippen molar-refractivity contribution in [2.75, 3.05) is 20.1 Å². The molecule has 0 radical (unpaired) electrons. The number of amides is 1. The molecule has 6 nitrogen and oxygen atoms in total. The van der Waals surface area contributed by atoms with Gasteiger partial charge in [-0.15, -0.1) is 11.3 Å². The zero-order chi connectivity index (χ0) is 14.8. The van der Waals surface area contributed by atoms with Gasteiger partial charge in [0.15, 0.2) is 0 Å². The van der Waals surface area contributed by atoms with Crippen molar-refractivity contribution in [1.82, 2.24) is 9.62 Å². The first kappa shape index (κ1) is 15.4. The first-order valence-electron chi connectivity index (χ1n) is 6.32. The van der Waals surface area contributed by atoms with Gasteiger partial charge in [0.25, 0.3) is 10.0 Å². The molecule has 8 heteroatoms. The van der Waals surface area contributed by atoms with Crippen LogP contribution in [-0.2, 0) is 14.8 Å². The summed E-state index contributed by atoms with van der Waals surface area (Å²) < 4.78 is 25.4. The average molecular weight is 318 g/mol. The van der Waals surface area contributed by atoms with E-state index in [0.717, 1.165) is 22.1 Å². The predicted octanol–water partition coefficient (Wildman–Crippen LogP) is 0.400. The van der Waals surface area contributed by atoms with Crippen LogP contribution in [-0.4, -0.2) is 49.5 Å². The van der Waals surface area contributed by atoms with Crippen molar-refractivity contribution in [3.05, 3.63) is 17.5 Å². The minimum atomic E-state index is -3.61. The van der Waals surface area contributed by atoms with E-state index < -0.39 is 21.5 Å². The van der Waals surface area contributed by atoms with E-state index in [9.17, 15) is 18.3 Å². The molecule has 0 aromatic carbocycles. The van der Waals surface area contributed by atoms with E-state index >= 15 is 0 Å². The van der Waals surface area contributed by atoms with Gasteiger partial charge in [-0.3, -0.25) is 4.79 Å². The number of rotatable bonds is 6. The molecule has 1 saturated carbocycles. The molecule has 20 heavy (non-hydrogen) atoms. The minimum absolute atomic E-state index is 0.179. The van der Waals surface area contributed by atoms with Crippen LogP contribution < -0.4 is 5.32 Å². The maximum absolute atomic E-state index is 12.1. The largest absolute Gasteiger partial charge is 0.388 e. The normalized spacial score (nSPS) is 17.8. The van der Waals surface area contributed by atoms with Crippen molar-refractivity contribution < 1.29 is 18.3 Å². The number of nitrogens with zero attached hydrogens (tertiary/aromatic N) is 1. The smallest absolute Gasteiger partial charge is 0.252 e. The van der Waals surface area contributed by atoms with Crippen LogP contribution in [0.4, 0.5) is 0 Å². The molecular formula is C12H18N2O4S2. The summed E-state index contributed by atoms with van der Waals surface area (Å²) >= 11 is 1.11. The van der Waals surface area contributed by atoms with E-state index in [4.69, 9.17) is 0 Å². The van der Waals surface area contributed by atoms with Crippen molar-refractivity contribution >= 4 is 27.3 Å². The number of carbonyl (C=O) groups excluding carboxylic acids is 1. The molecule has 1 aromatic rings. The second kappa shape index (κ2) is 5.80. The molecule has 1 amide bonds. The lowest BCUT2D eigenvalue weighted by Crippen LogP contribution is -2.49. The first-order chi connectivity index (χ1) is 9.33. The van der Waals surface area contributed by atoms with Crippen molar-refractivity contribution in [1.29, 1.82) is 0 Å². The highest BCUT2D eigenvalue weighted by molar-refractivity contribution is 7.91. The predicted molar refractivity (Wildman–Crippen MR) is 75.9 cm³/mol. The Morgan fingerprint density at radius 1 is 1.55 bits per heavy atom. The Hall–Kier alpha value is -0.960. The van der Waals surface area contributed by atoms with E-state index in [1.165, 1.54) is 13.1 Å². The number of sulfonamides is 1. The third-order valence-corrected chi connectivity index (χ3v) is 6.60. The molecule has 1 aromatic heterocycles. The van der Waals surface area contributed by atoms with Crippen LogP contribution in [0.1, 0.15) is 19.3 Å². The van der Waals surface area contributed by atoms with Crippen LogP contribution in [0.3, 0.4) is 0 Å². The SMILES string of the molecule is CN(CC(=O)NCC1(O)CCC1)S(=O)(=O)c1cccs1. The van der Waals surface area contributed by atoms with E-state index in [1.807, 2.05) is 0 Å². The van der Waals surface area contributed by atoms with Crippen LogP contribution in [0.25, 0.3) is 0 Å². The second-order valence-corrected chi connectivity index (χ2v) is 8.27. The molecule has 0 spiro atoms. The molecule has 2 rings (SSSR count). The lowest BCUT2D eigenvalue weighted by atomic mass is 9.80. The van der Waals surface area contributed by atoms with Crippen LogP contribution in [0, 0.1) is 0 Å². The maximum Gasteiger partial charge on any atom is 0.252 e. The van der Waals surface area contributed by atoms with Gasteiger partial charge < -0.3 is 10.4 Å². The molecule has 0 aliphatic heterocycles. The van der Waals surface area contributed by atoms with Gasteiger partial charge in [-0.25, -0.2) is 8.42 Å². The number of aliphatic hydroxyl groups is 1. The number of nitrogens with one attached hydrogen (secondary N) is 1. The highest BCUT2D eigenvalue weighted by Gasteiger charge is 2.34. The highest BCUT2D eigenvalue weighted by atomic mass is 32.2. The topological polar surface area (TPSA) is 86.7 Å². The Morgan fingerprint density at radius 2 is 2.25 bits per heavy atom. The summed E-state index contributed by atoms with van der Waals surface area (Å²) in [7, 11) is -2.24. The molecule has 1 aliphatic carbocycles. The van der Waals surface area contributed by atoms with Gasteiger partial charge in [0.2, 0.25) is 5.91 Å². The fraction of sp³-hybridized carbons (Fsp3) is 0.583. The van der Waals surface area contributed by atoms with Crippen molar-refractivity contribution in [2.24, 2.45) is 0 Å². The van der Waals surface area contributed by atoms with E-state index in [-0.39, 0.29) is 17.3 Å². The summed E-state index contributed by atoms with van der Waals surface area (Å²) in [4.78, 5) is 11.7. The lowest BCUT2D eigenvalue weighted by molar-refractivity contribution is -0.123. The van der Waals surface area contributed by atoms with Gasteiger partial charge in [-0.05, 0) is 30.7 Å². The Labute approximate surface area is 122 Å². The van der Waals surface area contributed by atoms with Crippen LogP contribution in [0.5, 0.6) is 0 Å². The van der Waals surface area contributed by atoms with Crippen molar-refractivity contribution in [2.45, 2.75) is 29.1 Å². The molecule has 1 fully saturated rings. The molecule has 1 aliphatic rings. The number of thiophene rings is 1. The van der Waals surface area contributed by atoms with Gasteiger partial charge in [-0.1, -0.05) is 6.07 Å². The second-order valence-electron chi connectivity index (χ2n) is 5.05. The maximum atomic E-state index is 12.1. The lowest BCUT2D eigenvalue weighted by Gasteiger charge is -2.36. The summed E-state index contributed by atoms with van der Waals surface area (Å²) in [5.41, 5.74) is -0.805. The monoisotopic (exact) mass is 318 g/mol. The van der Waals surface area contributed by atoms with Crippen LogP contribution in [0.15, 0.2) is 21.7 Å². The Bertz CT molecular complexity index is 564. The van der Waals surface area contributed by atoms with Gasteiger partial charge in [0.1, 0.15) is 4.21 Å². The third kappa shape index (κ3) is 3.38. The zero-order valence-electron chi connectivity index (χ0n) is 11.2. The fourth-order valence-corrected chi connectivity index (χ4v) is 4.26. The van der Waals surface area contributed by atoms with Crippen LogP contribution in [0.2, 0.25) is 0 Å². The number of likely N-dealkylation sites (N-methyl/N-ethyl adjacent to an activating group) is 1. The van der Waals surface area contributed by atoms with E-state index in [2.05, 4.69) is 5.32 Å². The van der Waals surface area contributed by atoms with Gasteiger partial charge in [-0.2, -0.15) is 4.31 Å². The van der Waals surface area contributed by atoms with Gasteiger partial charge >= 0.3 is 0 Å². The van der Waals surface area contributed by atoms with E-state index in [1.54, 1.807) is 11.4 Å². The Morgan fingerprint density at radius 3 is 2.75 bits per heavy atom. The number of carbonyl (C=O) groups is 1. The summed E-state index contributed by atoms with van der Waals surface area (Å²) in [6.07, 6.45) is 2.31. The van der Waals surface area contributed by atoms with Crippen LogP contribution >= 0.6 is 11.3 Å². The molecule has 0 unspecified atom stereocenters. The summed E-state index contributed by atoms with van der Waals surface area (Å²) in [5.74, 6) is -0.409. The molecular weight excluding hydrogens is 300 g/mol. The summed E-state index contributed by atoms with van der Waals surface area (Å²) in [6, 6.07) is 3.16. The highest BCUT2D eigenvalue weighted by Crippen LogP contribution is 2.30. The van der Waals surface area contributed by atoms with E-state index in [0.29, 0.717) is 12.8 Å². The Kier molecular flexibility index (Phi) is 4.48. The molecule has 1 heterocycles. The fourth-order valence-electron chi connectivity index (χ4n) is 1.93. The molecule has 0 atom stereocenters. The van der Waals surface area contributed by atoms with Gasteiger partial charge in [0, 0.05) is 13.6 Å². The van der Waals surface area contributed by atoms with Crippen molar-refractivity contribution in [3.63, 3.8) is 0 Å².